The van der Waals surface area contributed by atoms with E-state index in [9.17, 15) is 9.59 Å². The zero-order chi connectivity index (χ0) is 15.4. The number of carbonyl (C=O) groups excluding carboxylic acids is 1. The topological polar surface area (TPSA) is 79.3 Å². The highest BCUT2D eigenvalue weighted by Crippen LogP contribution is 2.14. The lowest BCUT2D eigenvalue weighted by molar-refractivity contribution is 0.0696. The van der Waals surface area contributed by atoms with Crippen molar-refractivity contribution in [3.05, 3.63) is 63.4 Å². The van der Waals surface area contributed by atoms with Gasteiger partial charge in [-0.3, -0.25) is 4.79 Å². The van der Waals surface area contributed by atoms with Crippen LogP contribution < -0.4 is 5.32 Å². The van der Waals surface area contributed by atoms with Gasteiger partial charge in [0.25, 0.3) is 5.91 Å². The number of halogens is 2. The molecule has 2 N–H and O–H groups in total. The van der Waals surface area contributed by atoms with Crippen LogP contribution >= 0.6 is 23.2 Å². The fourth-order valence-electron chi connectivity index (χ4n) is 1.65. The summed E-state index contributed by atoms with van der Waals surface area (Å²) in [4.78, 5) is 26.4. The molecule has 2 aromatic rings. The van der Waals surface area contributed by atoms with E-state index >= 15 is 0 Å². The van der Waals surface area contributed by atoms with E-state index in [0.29, 0.717) is 5.56 Å². The van der Waals surface area contributed by atoms with E-state index in [1.54, 1.807) is 12.1 Å². The van der Waals surface area contributed by atoms with Crippen molar-refractivity contribution in [2.45, 2.75) is 6.54 Å². The highest BCUT2D eigenvalue weighted by Gasteiger charge is 2.09. The maximum Gasteiger partial charge on any atom is 0.335 e. The number of nitrogens with zero attached hydrogens (tertiary/aromatic N) is 1. The molecule has 0 radical (unpaired) electrons. The van der Waals surface area contributed by atoms with Gasteiger partial charge in [0.2, 0.25) is 0 Å². The van der Waals surface area contributed by atoms with Crippen molar-refractivity contribution in [3.8, 4) is 0 Å². The molecule has 5 nitrogen and oxygen atoms in total. The molecule has 0 atom stereocenters. The second kappa shape index (κ2) is 6.56. The number of aromatic nitrogens is 1. The van der Waals surface area contributed by atoms with Crippen molar-refractivity contribution >= 4 is 35.1 Å². The fraction of sp³-hybridized carbons (Fsp3) is 0.0714. The Morgan fingerprint density at radius 3 is 2.14 bits per heavy atom. The SMILES string of the molecule is O=C(O)c1ccc(CNC(=O)c2cc(Cl)nc(Cl)c2)cc1. The van der Waals surface area contributed by atoms with Gasteiger partial charge in [0, 0.05) is 12.1 Å². The lowest BCUT2D eigenvalue weighted by Gasteiger charge is -2.06. The molecule has 0 aliphatic heterocycles. The number of pyridine rings is 1. The molecule has 0 saturated heterocycles. The molecule has 1 aromatic heterocycles. The van der Waals surface area contributed by atoms with Crippen LogP contribution in [0.5, 0.6) is 0 Å². The minimum Gasteiger partial charge on any atom is -0.478 e. The van der Waals surface area contributed by atoms with E-state index in [0.717, 1.165) is 5.56 Å². The average molecular weight is 325 g/mol. The number of nitrogens with one attached hydrogen (secondary N) is 1. The summed E-state index contributed by atoms with van der Waals surface area (Å²) in [6.45, 7) is 0.260. The molecule has 2 rings (SSSR count). The summed E-state index contributed by atoms with van der Waals surface area (Å²) in [5.74, 6) is -1.34. The molecule has 0 aliphatic rings. The second-order valence-corrected chi connectivity index (χ2v) is 4.96. The number of carbonyl (C=O) groups is 2. The van der Waals surface area contributed by atoms with E-state index in [1.165, 1.54) is 24.3 Å². The average Bonchev–Trinajstić information content (AvgIpc) is 2.44. The lowest BCUT2D eigenvalue weighted by atomic mass is 10.1. The first-order valence-corrected chi connectivity index (χ1v) is 6.65. The van der Waals surface area contributed by atoms with E-state index in [4.69, 9.17) is 28.3 Å². The third-order valence-corrected chi connectivity index (χ3v) is 3.07. The lowest BCUT2D eigenvalue weighted by Crippen LogP contribution is -2.22. The molecule has 21 heavy (non-hydrogen) atoms. The Morgan fingerprint density at radius 2 is 1.62 bits per heavy atom. The van der Waals surface area contributed by atoms with Crippen molar-refractivity contribution < 1.29 is 14.7 Å². The summed E-state index contributed by atoms with van der Waals surface area (Å²) in [5, 5.41) is 11.8. The number of hydrogen-bond acceptors (Lipinski definition) is 3. The number of rotatable bonds is 4. The molecule has 1 amide bonds. The molecule has 0 bridgehead atoms. The molecular weight excluding hydrogens is 315 g/mol. The second-order valence-electron chi connectivity index (χ2n) is 4.19. The highest BCUT2D eigenvalue weighted by molar-refractivity contribution is 6.33. The van der Waals surface area contributed by atoms with Crippen LogP contribution in [0, 0.1) is 0 Å². The summed E-state index contributed by atoms with van der Waals surface area (Å²) in [7, 11) is 0. The Morgan fingerprint density at radius 1 is 1.05 bits per heavy atom. The molecule has 0 spiro atoms. The first-order valence-electron chi connectivity index (χ1n) is 5.89. The number of aromatic carboxylic acids is 1. The summed E-state index contributed by atoms with van der Waals surface area (Å²) in [6.07, 6.45) is 0. The maximum absolute atomic E-state index is 11.9. The Labute approximate surface area is 130 Å². The summed E-state index contributed by atoms with van der Waals surface area (Å²) in [6, 6.07) is 9.05. The van der Waals surface area contributed by atoms with Crippen molar-refractivity contribution in [1.82, 2.24) is 10.3 Å². The quantitative estimate of drug-likeness (QED) is 0.847. The van der Waals surface area contributed by atoms with Gasteiger partial charge in [0.1, 0.15) is 10.3 Å². The third kappa shape index (κ3) is 4.18. The summed E-state index contributed by atoms with van der Waals surface area (Å²) < 4.78 is 0. The fourth-order valence-corrected chi connectivity index (χ4v) is 2.11. The molecule has 0 aliphatic carbocycles. The van der Waals surface area contributed by atoms with Gasteiger partial charge >= 0.3 is 5.97 Å². The van der Waals surface area contributed by atoms with Gasteiger partial charge in [-0.25, -0.2) is 9.78 Å². The predicted octanol–water partition coefficient (Wildman–Crippen LogP) is 3.02. The van der Waals surface area contributed by atoms with Crippen LogP contribution in [0.4, 0.5) is 0 Å². The van der Waals surface area contributed by atoms with E-state index in [-0.39, 0.29) is 28.3 Å². The van der Waals surface area contributed by atoms with Gasteiger partial charge in [0.05, 0.1) is 5.56 Å². The summed E-state index contributed by atoms with van der Waals surface area (Å²) in [5.41, 5.74) is 1.28. The number of hydrogen-bond donors (Lipinski definition) is 2. The van der Waals surface area contributed by atoms with Gasteiger partial charge in [-0.15, -0.1) is 0 Å². The molecule has 7 heteroatoms. The van der Waals surface area contributed by atoms with Crippen LogP contribution in [-0.4, -0.2) is 22.0 Å². The van der Waals surface area contributed by atoms with Crippen LogP contribution in [0.15, 0.2) is 36.4 Å². The van der Waals surface area contributed by atoms with Crippen LogP contribution in [0.25, 0.3) is 0 Å². The number of benzene rings is 1. The van der Waals surface area contributed by atoms with E-state index < -0.39 is 5.97 Å². The Hall–Kier alpha value is -2.11. The van der Waals surface area contributed by atoms with Gasteiger partial charge in [-0.1, -0.05) is 35.3 Å². The van der Waals surface area contributed by atoms with Gasteiger partial charge in [-0.2, -0.15) is 0 Å². The Balaban J connectivity index is 2.02. The van der Waals surface area contributed by atoms with Crippen molar-refractivity contribution in [2.75, 3.05) is 0 Å². The van der Waals surface area contributed by atoms with Gasteiger partial charge < -0.3 is 10.4 Å². The first-order chi connectivity index (χ1) is 9.95. The zero-order valence-electron chi connectivity index (χ0n) is 10.6. The standard InChI is InChI=1S/C14H10Cl2N2O3/c15-11-5-10(6-12(16)18-11)13(19)17-7-8-1-3-9(4-2-8)14(20)21/h1-6H,7H2,(H,17,19)(H,20,21). The third-order valence-electron chi connectivity index (χ3n) is 2.68. The first kappa shape index (κ1) is 15.3. The number of carboxylic acids is 1. The van der Waals surface area contributed by atoms with Crippen LogP contribution in [-0.2, 0) is 6.54 Å². The Bertz CT molecular complexity index is 667. The van der Waals surface area contributed by atoms with Crippen LogP contribution in [0.1, 0.15) is 26.3 Å². The molecule has 0 unspecified atom stereocenters. The molecule has 1 heterocycles. The minimum atomic E-state index is -0.994. The molecule has 108 valence electrons. The van der Waals surface area contributed by atoms with Gasteiger partial charge in [0.15, 0.2) is 0 Å². The monoisotopic (exact) mass is 324 g/mol. The Kier molecular flexibility index (Phi) is 4.77. The smallest absolute Gasteiger partial charge is 0.335 e. The molecule has 0 saturated carbocycles. The molecule has 0 fully saturated rings. The van der Waals surface area contributed by atoms with Crippen molar-refractivity contribution in [2.24, 2.45) is 0 Å². The molecule has 1 aromatic carbocycles. The van der Waals surface area contributed by atoms with Crippen molar-refractivity contribution in [1.29, 1.82) is 0 Å². The van der Waals surface area contributed by atoms with Gasteiger partial charge in [-0.05, 0) is 29.8 Å². The number of amides is 1. The van der Waals surface area contributed by atoms with E-state index in [1.807, 2.05) is 0 Å². The molecular formula is C14H10Cl2N2O3. The van der Waals surface area contributed by atoms with Crippen molar-refractivity contribution in [3.63, 3.8) is 0 Å². The predicted molar refractivity (Wildman–Crippen MR) is 78.8 cm³/mol. The van der Waals surface area contributed by atoms with E-state index in [2.05, 4.69) is 10.3 Å². The van der Waals surface area contributed by atoms with Crippen LogP contribution in [0.2, 0.25) is 10.3 Å². The highest BCUT2D eigenvalue weighted by atomic mass is 35.5. The number of carboxylic acid groups (broad SMARTS) is 1. The van der Waals surface area contributed by atoms with Crippen LogP contribution in [0.3, 0.4) is 0 Å². The normalized spacial score (nSPS) is 10.2. The summed E-state index contributed by atoms with van der Waals surface area (Å²) >= 11 is 11.5. The largest absolute Gasteiger partial charge is 0.478 e. The maximum atomic E-state index is 11.9. The minimum absolute atomic E-state index is 0.137. The zero-order valence-corrected chi connectivity index (χ0v) is 12.1.